The van der Waals surface area contributed by atoms with Crippen LogP contribution in [0.15, 0.2) is 22.9 Å². The Morgan fingerprint density at radius 1 is 1.35 bits per heavy atom. The number of pyridine rings is 1. The highest BCUT2D eigenvalue weighted by Gasteiger charge is 2.13. The van der Waals surface area contributed by atoms with Gasteiger partial charge in [0.2, 0.25) is 11.8 Å². The monoisotopic (exact) mass is 278 g/mol. The van der Waals surface area contributed by atoms with Crippen molar-refractivity contribution in [2.75, 3.05) is 20.8 Å². The van der Waals surface area contributed by atoms with Gasteiger partial charge in [0.1, 0.15) is 0 Å². The Morgan fingerprint density at radius 3 is 2.80 bits per heavy atom. The SMILES string of the molecule is COc1ccc(Cc2noc(CC(CN)OC)n2)cn1. The smallest absolute Gasteiger partial charge is 0.229 e. The fraction of sp³-hybridized carbons (Fsp3) is 0.462. The molecular weight excluding hydrogens is 260 g/mol. The van der Waals surface area contributed by atoms with E-state index in [0.29, 0.717) is 37.0 Å². The molecule has 0 saturated heterocycles. The normalized spacial score (nSPS) is 12.3. The van der Waals surface area contributed by atoms with Crippen LogP contribution in [0, 0.1) is 0 Å². The average Bonchev–Trinajstić information content (AvgIpc) is 2.92. The number of hydrogen-bond donors (Lipinski definition) is 1. The molecule has 108 valence electrons. The van der Waals surface area contributed by atoms with E-state index in [0.717, 1.165) is 5.56 Å². The van der Waals surface area contributed by atoms with Crippen molar-refractivity contribution in [3.8, 4) is 5.88 Å². The minimum absolute atomic E-state index is 0.106. The second-order valence-corrected chi connectivity index (χ2v) is 4.29. The first-order valence-corrected chi connectivity index (χ1v) is 6.28. The van der Waals surface area contributed by atoms with Crippen LogP contribution in [0.25, 0.3) is 0 Å². The zero-order valence-electron chi connectivity index (χ0n) is 11.6. The molecule has 0 bridgehead atoms. The van der Waals surface area contributed by atoms with Crippen molar-refractivity contribution in [2.45, 2.75) is 18.9 Å². The van der Waals surface area contributed by atoms with E-state index in [9.17, 15) is 0 Å². The highest BCUT2D eigenvalue weighted by atomic mass is 16.5. The number of ether oxygens (including phenoxy) is 2. The topological polar surface area (TPSA) is 96.3 Å². The van der Waals surface area contributed by atoms with Gasteiger partial charge in [-0.2, -0.15) is 4.98 Å². The lowest BCUT2D eigenvalue weighted by atomic mass is 10.2. The molecule has 1 unspecified atom stereocenters. The van der Waals surface area contributed by atoms with Gasteiger partial charge in [-0.3, -0.25) is 0 Å². The van der Waals surface area contributed by atoms with Crippen LogP contribution in [0.2, 0.25) is 0 Å². The predicted octanol–water partition coefficient (Wildman–Crippen LogP) is 0.580. The number of rotatable bonds is 7. The van der Waals surface area contributed by atoms with Crippen molar-refractivity contribution in [3.63, 3.8) is 0 Å². The summed E-state index contributed by atoms with van der Waals surface area (Å²) in [5, 5.41) is 3.93. The van der Waals surface area contributed by atoms with Gasteiger partial charge in [0.25, 0.3) is 0 Å². The number of hydrogen-bond acceptors (Lipinski definition) is 7. The van der Waals surface area contributed by atoms with Crippen molar-refractivity contribution in [1.82, 2.24) is 15.1 Å². The number of aromatic nitrogens is 3. The lowest BCUT2D eigenvalue weighted by molar-refractivity contribution is 0.102. The van der Waals surface area contributed by atoms with Crippen molar-refractivity contribution >= 4 is 0 Å². The molecular formula is C13H18N4O3. The Hall–Kier alpha value is -1.99. The maximum Gasteiger partial charge on any atom is 0.229 e. The van der Waals surface area contributed by atoms with Crippen LogP contribution in [-0.4, -0.2) is 42.0 Å². The molecule has 0 aliphatic rings. The lowest BCUT2D eigenvalue weighted by Gasteiger charge is -2.08. The van der Waals surface area contributed by atoms with E-state index < -0.39 is 0 Å². The average molecular weight is 278 g/mol. The molecule has 0 aromatic carbocycles. The van der Waals surface area contributed by atoms with E-state index in [2.05, 4.69) is 15.1 Å². The van der Waals surface area contributed by atoms with Crippen molar-refractivity contribution in [1.29, 1.82) is 0 Å². The second-order valence-electron chi connectivity index (χ2n) is 4.29. The lowest BCUT2D eigenvalue weighted by Crippen LogP contribution is -2.24. The summed E-state index contributed by atoms with van der Waals surface area (Å²) in [4.78, 5) is 8.44. The summed E-state index contributed by atoms with van der Waals surface area (Å²) in [6.07, 6.45) is 2.69. The molecule has 20 heavy (non-hydrogen) atoms. The zero-order chi connectivity index (χ0) is 14.4. The minimum atomic E-state index is -0.106. The maximum atomic E-state index is 5.55. The summed E-state index contributed by atoms with van der Waals surface area (Å²) in [5.74, 6) is 1.71. The first kappa shape index (κ1) is 14.4. The van der Waals surface area contributed by atoms with E-state index >= 15 is 0 Å². The van der Waals surface area contributed by atoms with E-state index in [4.69, 9.17) is 19.7 Å². The zero-order valence-corrected chi connectivity index (χ0v) is 11.6. The van der Waals surface area contributed by atoms with Crippen LogP contribution in [0.3, 0.4) is 0 Å². The highest BCUT2D eigenvalue weighted by molar-refractivity contribution is 5.20. The summed E-state index contributed by atoms with van der Waals surface area (Å²) >= 11 is 0. The highest BCUT2D eigenvalue weighted by Crippen LogP contribution is 2.11. The summed E-state index contributed by atoms with van der Waals surface area (Å²) in [5.41, 5.74) is 6.54. The van der Waals surface area contributed by atoms with E-state index in [1.54, 1.807) is 26.5 Å². The molecule has 0 radical (unpaired) electrons. The fourth-order valence-electron chi connectivity index (χ4n) is 1.72. The summed E-state index contributed by atoms with van der Waals surface area (Å²) in [7, 11) is 3.19. The number of methoxy groups -OCH3 is 2. The molecule has 0 aliphatic heterocycles. The molecule has 1 atom stereocenters. The fourth-order valence-corrected chi connectivity index (χ4v) is 1.72. The molecule has 2 rings (SSSR count). The second kappa shape index (κ2) is 6.97. The molecule has 0 spiro atoms. The molecule has 2 heterocycles. The van der Waals surface area contributed by atoms with E-state index in [1.165, 1.54) is 0 Å². The van der Waals surface area contributed by atoms with Crippen LogP contribution in [0.4, 0.5) is 0 Å². The minimum Gasteiger partial charge on any atom is -0.481 e. The Kier molecular flexibility index (Phi) is 5.03. The largest absolute Gasteiger partial charge is 0.481 e. The van der Waals surface area contributed by atoms with Gasteiger partial charge in [-0.25, -0.2) is 4.98 Å². The van der Waals surface area contributed by atoms with Gasteiger partial charge in [-0.1, -0.05) is 11.2 Å². The quantitative estimate of drug-likeness (QED) is 0.791. The number of nitrogens with zero attached hydrogens (tertiary/aromatic N) is 3. The summed E-state index contributed by atoms with van der Waals surface area (Å²) in [6.45, 7) is 0.413. The van der Waals surface area contributed by atoms with Gasteiger partial charge >= 0.3 is 0 Å². The molecule has 0 fully saturated rings. The molecule has 2 aromatic rings. The van der Waals surface area contributed by atoms with Gasteiger partial charge < -0.3 is 19.7 Å². The molecule has 2 aromatic heterocycles. The van der Waals surface area contributed by atoms with Gasteiger partial charge in [0.05, 0.1) is 19.6 Å². The molecule has 0 aliphatic carbocycles. The first-order chi connectivity index (χ1) is 9.75. The van der Waals surface area contributed by atoms with Crippen molar-refractivity contribution in [3.05, 3.63) is 35.6 Å². The summed E-state index contributed by atoms with van der Waals surface area (Å²) < 4.78 is 15.4. The Bertz CT molecular complexity index is 523. The molecule has 7 heteroatoms. The van der Waals surface area contributed by atoms with Gasteiger partial charge in [0, 0.05) is 32.3 Å². The Balaban J connectivity index is 1.97. The van der Waals surface area contributed by atoms with Gasteiger partial charge in [-0.05, 0) is 5.56 Å². The van der Waals surface area contributed by atoms with Gasteiger partial charge in [-0.15, -0.1) is 0 Å². The van der Waals surface area contributed by atoms with E-state index in [1.807, 2.05) is 6.07 Å². The maximum absolute atomic E-state index is 5.55. The van der Waals surface area contributed by atoms with Crippen molar-refractivity contribution in [2.24, 2.45) is 5.73 Å². The summed E-state index contributed by atoms with van der Waals surface area (Å²) in [6, 6.07) is 3.71. The Morgan fingerprint density at radius 2 is 2.20 bits per heavy atom. The van der Waals surface area contributed by atoms with Crippen LogP contribution in [0.5, 0.6) is 5.88 Å². The third-order valence-electron chi connectivity index (χ3n) is 2.88. The predicted molar refractivity (Wildman–Crippen MR) is 71.4 cm³/mol. The number of nitrogens with two attached hydrogens (primary N) is 1. The van der Waals surface area contributed by atoms with Crippen molar-refractivity contribution < 1.29 is 14.0 Å². The third-order valence-corrected chi connectivity index (χ3v) is 2.88. The molecule has 0 amide bonds. The molecule has 0 saturated carbocycles. The van der Waals surface area contributed by atoms with Crippen LogP contribution in [-0.2, 0) is 17.6 Å². The van der Waals surface area contributed by atoms with Crippen LogP contribution < -0.4 is 10.5 Å². The van der Waals surface area contributed by atoms with Crippen LogP contribution >= 0.6 is 0 Å². The molecule has 2 N–H and O–H groups in total. The van der Waals surface area contributed by atoms with Gasteiger partial charge in [0.15, 0.2) is 5.82 Å². The first-order valence-electron chi connectivity index (χ1n) is 6.28. The van der Waals surface area contributed by atoms with E-state index in [-0.39, 0.29) is 6.10 Å². The standard InChI is InChI=1S/C13H18N4O3/c1-18-10(7-14)6-13-16-11(17-20-13)5-9-3-4-12(19-2)15-8-9/h3-4,8,10H,5-7,14H2,1-2H3. The molecule has 7 nitrogen and oxygen atoms in total. The Labute approximate surface area is 117 Å². The van der Waals surface area contributed by atoms with Crippen LogP contribution in [0.1, 0.15) is 17.3 Å². The third kappa shape index (κ3) is 3.75.